The van der Waals surface area contributed by atoms with Crippen molar-refractivity contribution < 1.29 is 45.4 Å². The number of ether oxygens (including phenoxy) is 1. The van der Waals surface area contributed by atoms with E-state index in [2.05, 4.69) is 0 Å². The first-order chi connectivity index (χ1) is 14.4. The highest BCUT2D eigenvalue weighted by molar-refractivity contribution is 5.95. The standard InChI is InChI=1S/C20H16F7NO3/c21-16-3-1-13(2-4-16)18(5-6-29)10-28(11-31-18)17(30)12-7-14(19(22,23)24)9-15(8-12)20(25,26)27/h1-4,7-9,29H,5-6,10-11H2/t18-/m1/s1. The number of carbonyl (C=O) groups is 1. The topological polar surface area (TPSA) is 49.8 Å². The van der Waals surface area contributed by atoms with Gasteiger partial charge in [0.25, 0.3) is 5.91 Å². The molecule has 168 valence electrons. The van der Waals surface area contributed by atoms with Gasteiger partial charge in [-0.05, 0) is 35.9 Å². The normalized spacial score (nSPS) is 19.7. The fourth-order valence-corrected chi connectivity index (χ4v) is 3.40. The van der Waals surface area contributed by atoms with Crippen LogP contribution in [0.3, 0.4) is 0 Å². The summed E-state index contributed by atoms with van der Waals surface area (Å²) in [6, 6.07) is 5.63. The largest absolute Gasteiger partial charge is 0.416 e. The van der Waals surface area contributed by atoms with Gasteiger partial charge in [-0.2, -0.15) is 26.3 Å². The fourth-order valence-electron chi connectivity index (χ4n) is 3.40. The summed E-state index contributed by atoms with van der Waals surface area (Å²) in [5.74, 6) is -1.64. The average Bonchev–Trinajstić information content (AvgIpc) is 3.11. The maximum atomic E-state index is 13.2. The van der Waals surface area contributed by atoms with Gasteiger partial charge in [-0.15, -0.1) is 0 Å². The lowest BCUT2D eigenvalue weighted by atomic mass is 9.90. The van der Waals surface area contributed by atoms with Crippen LogP contribution in [-0.4, -0.2) is 35.8 Å². The minimum absolute atomic E-state index is 0.0290. The molecule has 11 heteroatoms. The summed E-state index contributed by atoms with van der Waals surface area (Å²) in [6.45, 7) is -1.08. The van der Waals surface area contributed by atoms with Crippen molar-refractivity contribution in [3.63, 3.8) is 0 Å². The molecule has 1 amide bonds. The molecular weight excluding hydrogens is 435 g/mol. The van der Waals surface area contributed by atoms with Crippen LogP contribution >= 0.6 is 0 Å². The lowest BCUT2D eigenvalue weighted by Crippen LogP contribution is -2.36. The lowest BCUT2D eigenvalue weighted by molar-refractivity contribution is -0.143. The van der Waals surface area contributed by atoms with Crippen molar-refractivity contribution in [1.29, 1.82) is 0 Å². The summed E-state index contributed by atoms with van der Waals surface area (Å²) in [6.07, 6.45) is -10.2. The second-order valence-corrected chi connectivity index (χ2v) is 7.05. The summed E-state index contributed by atoms with van der Waals surface area (Å²) in [5.41, 5.74) is -4.90. The third-order valence-corrected chi connectivity index (χ3v) is 4.95. The third kappa shape index (κ3) is 4.82. The Kier molecular flexibility index (Phi) is 6.03. The molecule has 0 saturated carbocycles. The summed E-state index contributed by atoms with van der Waals surface area (Å²) in [5, 5.41) is 9.39. The van der Waals surface area contributed by atoms with Crippen LogP contribution in [0.25, 0.3) is 0 Å². The molecule has 4 nitrogen and oxygen atoms in total. The zero-order valence-electron chi connectivity index (χ0n) is 15.7. The minimum atomic E-state index is -5.09. The number of aliphatic hydroxyl groups is 1. The van der Waals surface area contributed by atoms with E-state index in [0.29, 0.717) is 17.7 Å². The number of amides is 1. The molecule has 0 aliphatic carbocycles. The van der Waals surface area contributed by atoms with Crippen molar-refractivity contribution >= 4 is 5.91 Å². The Hall–Kier alpha value is -2.66. The number of halogens is 7. The quantitative estimate of drug-likeness (QED) is 0.693. The summed E-state index contributed by atoms with van der Waals surface area (Å²) < 4.78 is 97.3. The van der Waals surface area contributed by atoms with Crippen LogP contribution in [-0.2, 0) is 22.7 Å². The zero-order chi connectivity index (χ0) is 23.0. The van der Waals surface area contributed by atoms with Gasteiger partial charge in [-0.3, -0.25) is 4.79 Å². The van der Waals surface area contributed by atoms with Gasteiger partial charge in [0.15, 0.2) is 0 Å². The second kappa shape index (κ2) is 8.12. The number of rotatable bonds is 4. The van der Waals surface area contributed by atoms with Crippen LogP contribution in [0.4, 0.5) is 30.7 Å². The van der Waals surface area contributed by atoms with Gasteiger partial charge in [0, 0.05) is 18.6 Å². The van der Waals surface area contributed by atoms with Crippen molar-refractivity contribution in [1.82, 2.24) is 4.90 Å². The molecule has 1 saturated heterocycles. The van der Waals surface area contributed by atoms with Crippen LogP contribution < -0.4 is 0 Å². The number of aliphatic hydroxyl groups excluding tert-OH is 1. The van der Waals surface area contributed by atoms with Crippen molar-refractivity contribution in [2.75, 3.05) is 19.9 Å². The summed E-state index contributed by atoms with van der Waals surface area (Å²) in [4.78, 5) is 13.7. The molecule has 1 atom stereocenters. The van der Waals surface area contributed by atoms with E-state index >= 15 is 0 Å². The molecule has 1 N–H and O–H groups in total. The van der Waals surface area contributed by atoms with E-state index in [1.165, 1.54) is 12.1 Å². The van der Waals surface area contributed by atoms with Gasteiger partial charge in [0.2, 0.25) is 0 Å². The molecule has 2 aromatic carbocycles. The van der Waals surface area contributed by atoms with E-state index in [0.717, 1.165) is 17.0 Å². The Morgan fingerprint density at radius 2 is 1.55 bits per heavy atom. The van der Waals surface area contributed by atoms with Gasteiger partial charge in [0.05, 0.1) is 17.7 Å². The molecule has 2 aromatic rings. The Morgan fingerprint density at radius 3 is 2.03 bits per heavy atom. The molecule has 31 heavy (non-hydrogen) atoms. The first-order valence-corrected chi connectivity index (χ1v) is 8.95. The van der Waals surface area contributed by atoms with Crippen LogP contribution in [0.1, 0.15) is 33.5 Å². The maximum absolute atomic E-state index is 13.2. The Morgan fingerprint density at radius 1 is 1.00 bits per heavy atom. The highest BCUT2D eigenvalue weighted by Gasteiger charge is 2.43. The monoisotopic (exact) mass is 451 g/mol. The molecule has 0 unspecified atom stereocenters. The lowest BCUT2D eigenvalue weighted by Gasteiger charge is -2.27. The molecule has 0 aromatic heterocycles. The summed E-state index contributed by atoms with van der Waals surface area (Å²) in [7, 11) is 0. The van der Waals surface area contributed by atoms with E-state index < -0.39 is 53.1 Å². The smallest absolute Gasteiger partial charge is 0.396 e. The number of carbonyl (C=O) groups excluding carboxylic acids is 1. The van der Waals surface area contributed by atoms with Crippen LogP contribution in [0.2, 0.25) is 0 Å². The number of benzene rings is 2. The van der Waals surface area contributed by atoms with Crippen molar-refractivity contribution in [3.8, 4) is 0 Å². The second-order valence-electron chi connectivity index (χ2n) is 7.05. The van der Waals surface area contributed by atoms with Crippen molar-refractivity contribution in [3.05, 3.63) is 70.5 Å². The Balaban J connectivity index is 1.95. The Labute approximate surface area is 171 Å². The molecule has 1 heterocycles. The highest BCUT2D eigenvalue weighted by Crippen LogP contribution is 2.39. The van der Waals surface area contributed by atoms with Gasteiger partial charge in [0.1, 0.15) is 18.1 Å². The van der Waals surface area contributed by atoms with Crippen LogP contribution in [0.5, 0.6) is 0 Å². The average molecular weight is 451 g/mol. The number of hydrogen-bond donors (Lipinski definition) is 1. The molecule has 0 spiro atoms. The summed E-state index contributed by atoms with van der Waals surface area (Å²) >= 11 is 0. The predicted molar refractivity (Wildman–Crippen MR) is 93.2 cm³/mol. The van der Waals surface area contributed by atoms with E-state index in [4.69, 9.17) is 4.74 Å². The Bertz CT molecular complexity index is 924. The maximum Gasteiger partial charge on any atom is 0.416 e. The number of hydrogen-bond acceptors (Lipinski definition) is 3. The van der Waals surface area contributed by atoms with Crippen molar-refractivity contribution in [2.24, 2.45) is 0 Å². The first-order valence-electron chi connectivity index (χ1n) is 8.95. The van der Waals surface area contributed by atoms with E-state index in [-0.39, 0.29) is 25.6 Å². The number of nitrogens with zero attached hydrogens (tertiary/aromatic N) is 1. The number of alkyl halides is 6. The van der Waals surface area contributed by atoms with Gasteiger partial charge in [-0.25, -0.2) is 4.39 Å². The molecule has 3 rings (SSSR count). The molecule has 1 aliphatic heterocycles. The van der Waals surface area contributed by atoms with E-state index in [1.54, 1.807) is 0 Å². The molecule has 1 aliphatic rings. The molecule has 1 fully saturated rings. The zero-order valence-corrected chi connectivity index (χ0v) is 15.7. The van der Waals surface area contributed by atoms with Gasteiger partial charge in [-0.1, -0.05) is 12.1 Å². The molecular formula is C20H16F7NO3. The minimum Gasteiger partial charge on any atom is -0.396 e. The van der Waals surface area contributed by atoms with Gasteiger partial charge >= 0.3 is 12.4 Å². The molecule has 0 radical (unpaired) electrons. The first kappa shape index (κ1) is 23.0. The predicted octanol–water partition coefficient (Wildman–Crippen LogP) is 4.57. The SMILES string of the molecule is O=C(c1cc(C(F)(F)F)cc(C(F)(F)F)c1)N1CO[C@@](CCO)(c2ccc(F)cc2)C1. The molecule has 0 bridgehead atoms. The highest BCUT2D eigenvalue weighted by atomic mass is 19.4. The fraction of sp³-hybridized carbons (Fsp3) is 0.350. The van der Waals surface area contributed by atoms with Crippen LogP contribution in [0.15, 0.2) is 42.5 Å². The van der Waals surface area contributed by atoms with E-state index in [9.17, 15) is 40.6 Å². The van der Waals surface area contributed by atoms with Gasteiger partial charge < -0.3 is 14.7 Å². The third-order valence-electron chi connectivity index (χ3n) is 4.95. The van der Waals surface area contributed by atoms with E-state index in [1.807, 2.05) is 0 Å². The van der Waals surface area contributed by atoms with Crippen molar-refractivity contribution in [2.45, 2.75) is 24.4 Å². The van der Waals surface area contributed by atoms with Crippen LogP contribution in [0, 0.1) is 5.82 Å².